The van der Waals surface area contributed by atoms with E-state index in [0.717, 1.165) is 24.8 Å². The standard InChI is InChI=1S/C27H31N5O6/c1-17(15-33)32-23-25(35)30(16-31-19-10-6-5-9-18(19)28-29-31)13-8-12-27(23)22(24(32)34)21-20(38-27)11-4-2-3-7-14-37-26(21)36/h4-6,8-12,17,20-23,33H,2-3,7,13-16H2,1H3/b11-4-/t17-,20-,21+,22+,23?,27+/m1/s1. The number of hydrogen-bond donors (Lipinski definition) is 1. The Morgan fingerprint density at radius 1 is 1.16 bits per heavy atom. The molecule has 1 aromatic heterocycles. The molecule has 1 unspecified atom stereocenters. The van der Waals surface area contributed by atoms with Crippen molar-refractivity contribution in [3.8, 4) is 0 Å². The number of allylic oxidation sites excluding steroid dienone is 1. The highest BCUT2D eigenvalue weighted by Crippen LogP contribution is 2.53. The van der Waals surface area contributed by atoms with Gasteiger partial charge in [-0.3, -0.25) is 14.4 Å². The van der Waals surface area contributed by atoms with Gasteiger partial charge in [-0.2, -0.15) is 0 Å². The number of carbonyl (C=O) groups is 3. The number of likely N-dealkylation sites (tertiary alicyclic amines) is 1. The summed E-state index contributed by atoms with van der Waals surface area (Å²) in [6, 6.07) is 5.75. The zero-order valence-electron chi connectivity index (χ0n) is 21.2. The third-order valence-corrected chi connectivity index (χ3v) is 8.09. The van der Waals surface area contributed by atoms with E-state index in [-0.39, 0.29) is 32.3 Å². The number of aliphatic hydroxyl groups excluding tert-OH is 1. The van der Waals surface area contributed by atoms with E-state index < -0.39 is 47.5 Å². The summed E-state index contributed by atoms with van der Waals surface area (Å²) in [6.07, 6.45) is 9.12. The molecule has 0 radical (unpaired) electrons. The van der Waals surface area contributed by atoms with Crippen LogP contribution in [0.1, 0.15) is 26.2 Å². The maximum Gasteiger partial charge on any atom is 0.312 e. The van der Waals surface area contributed by atoms with Crippen molar-refractivity contribution in [1.82, 2.24) is 24.8 Å². The first-order valence-corrected chi connectivity index (χ1v) is 13.1. The number of nitrogens with zero attached hydrogens (tertiary/aromatic N) is 5. The van der Waals surface area contributed by atoms with Crippen LogP contribution in [0.5, 0.6) is 0 Å². The number of ether oxygens (including phenoxy) is 2. The number of aromatic nitrogens is 3. The zero-order valence-corrected chi connectivity index (χ0v) is 21.2. The van der Waals surface area contributed by atoms with Gasteiger partial charge >= 0.3 is 5.97 Å². The highest BCUT2D eigenvalue weighted by Gasteiger charge is 2.72. The van der Waals surface area contributed by atoms with Gasteiger partial charge in [-0.15, -0.1) is 5.10 Å². The molecular weight excluding hydrogens is 490 g/mol. The van der Waals surface area contributed by atoms with E-state index in [1.165, 1.54) is 4.90 Å². The predicted octanol–water partition coefficient (Wildman–Crippen LogP) is 1.03. The van der Waals surface area contributed by atoms with E-state index in [2.05, 4.69) is 10.3 Å². The summed E-state index contributed by atoms with van der Waals surface area (Å²) >= 11 is 0. The zero-order chi connectivity index (χ0) is 26.4. The molecule has 1 spiro atoms. The summed E-state index contributed by atoms with van der Waals surface area (Å²) < 4.78 is 13.8. The normalized spacial score (nSPS) is 32.9. The monoisotopic (exact) mass is 521 g/mol. The third kappa shape index (κ3) is 3.75. The lowest BCUT2D eigenvalue weighted by atomic mass is 9.78. The van der Waals surface area contributed by atoms with Crippen LogP contribution in [0.2, 0.25) is 0 Å². The molecule has 38 heavy (non-hydrogen) atoms. The van der Waals surface area contributed by atoms with Gasteiger partial charge in [0.1, 0.15) is 29.7 Å². The van der Waals surface area contributed by atoms with Crippen molar-refractivity contribution in [1.29, 1.82) is 0 Å². The van der Waals surface area contributed by atoms with Gasteiger partial charge in [-0.05, 0) is 38.3 Å². The van der Waals surface area contributed by atoms with Gasteiger partial charge in [0, 0.05) is 6.54 Å². The first-order chi connectivity index (χ1) is 18.5. The quantitative estimate of drug-likeness (QED) is 0.467. The molecular formula is C27H31N5O6. The molecule has 200 valence electrons. The molecule has 0 bridgehead atoms. The average Bonchev–Trinajstić information content (AvgIpc) is 3.52. The van der Waals surface area contributed by atoms with Crippen LogP contribution in [0, 0.1) is 11.8 Å². The van der Waals surface area contributed by atoms with Crippen LogP contribution in [0.3, 0.4) is 0 Å². The van der Waals surface area contributed by atoms with Crippen molar-refractivity contribution in [2.24, 2.45) is 11.8 Å². The van der Waals surface area contributed by atoms with Gasteiger partial charge in [-0.1, -0.05) is 41.7 Å². The van der Waals surface area contributed by atoms with Crippen molar-refractivity contribution >= 4 is 28.8 Å². The number of benzene rings is 1. The number of fused-ring (bicyclic) bond motifs is 3. The summed E-state index contributed by atoms with van der Waals surface area (Å²) in [5, 5.41) is 18.5. The maximum atomic E-state index is 14.3. The minimum Gasteiger partial charge on any atom is -0.465 e. The van der Waals surface area contributed by atoms with Crippen molar-refractivity contribution in [3.05, 3.63) is 48.6 Å². The lowest BCUT2D eigenvalue weighted by Gasteiger charge is -2.37. The minimum absolute atomic E-state index is 0.116. The molecule has 11 heteroatoms. The molecule has 1 aromatic carbocycles. The Hall–Kier alpha value is -3.57. The van der Waals surface area contributed by atoms with Crippen LogP contribution in [0.25, 0.3) is 11.0 Å². The lowest BCUT2D eigenvalue weighted by molar-refractivity contribution is -0.156. The molecule has 2 aromatic rings. The maximum absolute atomic E-state index is 14.3. The second-order valence-corrected chi connectivity index (χ2v) is 10.4. The number of cyclic esters (lactones) is 1. The molecule has 5 heterocycles. The Kier molecular flexibility index (Phi) is 6.27. The number of para-hydroxylation sites is 1. The van der Waals surface area contributed by atoms with E-state index >= 15 is 0 Å². The van der Waals surface area contributed by atoms with Crippen molar-refractivity contribution < 1.29 is 29.0 Å². The van der Waals surface area contributed by atoms with Crippen LogP contribution in [-0.4, -0.2) is 91.2 Å². The second kappa shape index (κ2) is 9.63. The molecule has 2 amide bonds. The van der Waals surface area contributed by atoms with Gasteiger partial charge in [-0.25, -0.2) is 4.68 Å². The summed E-state index contributed by atoms with van der Waals surface area (Å²) in [7, 11) is 0. The van der Waals surface area contributed by atoms with Gasteiger partial charge in [0.2, 0.25) is 5.91 Å². The largest absolute Gasteiger partial charge is 0.465 e. The van der Waals surface area contributed by atoms with Crippen LogP contribution in [0.4, 0.5) is 0 Å². The van der Waals surface area contributed by atoms with Crippen LogP contribution in [-0.2, 0) is 30.5 Å². The van der Waals surface area contributed by atoms with Gasteiger partial charge < -0.3 is 24.4 Å². The highest BCUT2D eigenvalue weighted by atomic mass is 16.6. The molecule has 4 aliphatic rings. The SMILES string of the molecule is C[C@H](CO)N1C(=O)[C@@H]2[C@H]3C(=O)OCCCC/C=C\[C@H]3O[C@@]23C=CCN(Cn2nnc4ccccc42)C(=O)C13. The van der Waals surface area contributed by atoms with E-state index in [0.29, 0.717) is 5.52 Å². The molecule has 2 fully saturated rings. The molecule has 2 saturated heterocycles. The molecule has 6 rings (SSSR count). The fraction of sp³-hybridized carbons (Fsp3) is 0.519. The Balaban J connectivity index is 1.41. The van der Waals surface area contributed by atoms with E-state index in [1.807, 2.05) is 42.5 Å². The van der Waals surface area contributed by atoms with Crippen molar-refractivity contribution in [2.45, 2.75) is 56.6 Å². The van der Waals surface area contributed by atoms with Crippen LogP contribution in [0.15, 0.2) is 48.6 Å². The smallest absolute Gasteiger partial charge is 0.312 e. The molecule has 11 nitrogen and oxygen atoms in total. The molecule has 0 aliphatic carbocycles. The number of amides is 2. The summed E-state index contributed by atoms with van der Waals surface area (Å²) in [5.41, 5.74) is 0.115. The van der Waals surface area contributed by atoms with Crippen molar-refractivity contribution in [2.75, 3.05) is 19.8 Å². The first-order valence-electron chi connectivity index (χ1n) is 13.1. The van der Waals surface area contributed by atoms with E-state index in [4.69, 9.17) is 9.47 Å². The van der Waals surface area contributed by atoms with Gasteiger partial charge in [0.15, 0.2) is 0 Å². The lowest BCUT2D eigenvalue weighted by Crippen LogP contribution is -2.57. The summed E-state index contributed by atoms with van der Waals surface area (Å²) in [6.45, 7) is 2.00. The van der Waals surface area contributed by atoms with Crippen LogP contribution < -0.4 is 0 Å². The van der Waals surface area contributed by atoms with E-state index in [9.17, 15) is 19.5 Å². The first kappa shape index (κ1) is 24.7. The minimum atomic E-state index is -1.37. The second-order valence-electron chi connectivity index (χ2n) is 10.4. The summed E-state index contributed by atoms with van der Waals surface area (Å²) in [5.74, 6) is -3.07. The molecule has 1 N–H and O–H groups in total. The fourth-order valence-electron chi connectivity index (χ4n) is 6.28. The predicted molar refractivity (Wildman–Crippen MR) is 134 cm³/mol. The van der Waals surface area contributed by atoms with Gasteiger partial charge in [0.05, 0.1) is 36.8 Å². The Bertz CT molecular complexity index is 1320. The number of rotatable bonds is 4. The Morgan fingerprint density at radius 2 is 2.00 bits per heavy atom. The number of aliphatic hydroxyl groups is 1. The molecule has 0 saturated carbocycles. The highest BCUT2D eigenvalue weighted by molar-refractivity contribution is 5.99. The Morgan fingerprint density at radius 3 is 2.84 bits per heavy atom. The molecule has 4 aliphatic heterocycles. The Labute approximate surface area is 219 Å². The van der Waals surface area contributed by atoms with Crippen LogP contribution >= 0.6 is 0 Å². The molecule has 6 atom stereocenters. The van der Waals surface area contributed by atoms with Crippen molar-refractivity contribution in [3.63, 3.8) is 0 Å². The average molecular weight is 522 g/mol. The summed E-state index contributed by atoms with van der Waals surface area (Å²) in [4.78, 5) is 44.6. The fourth-order valence-corrected chi connectivity index (χ4v) is 6.28. The number of carbonyl (C=O) groups excluding carboxylic acids is 3. The van der Waals surface area contributed by atoms with Gasteiger partial charge in [0.25, 0.3) is 5.91 Å². The number of hydrogen-bond acceptors (Lipinski definition) is 8. The number of esters is 1. The van der Waals surface area contributed by atoms with E-state index in [1.54, 1.807) is 22.6 Å². The topological polar surface area (TPSA) is 127 Å². The third-order valence-electron chi connectivity index (χ3n) is 8.09.